The lowest BCUT2D eigenvalue weighted by atomic mass is 10.0. The van der Waals surface area contributed by atoms with E-state index < -0.39 is 11.9 Å². The molecule has 0 aliphatic rings. The number of aromatic nitrogens is 3. The van der Waals surface area contributed by atoms with Gasteiger partial charge < -0.3 is 10.4 Å². The summed E-state index contributed by atoms with van der Waals surface area (Å²) in [5, 5.41) is 16.4. The Morgan fingerprint density at radius 3 is 2.89 bits per heavy atom. The molecule has 6 heteroatoms. The maximum Gasteiger partial charge on any atom is 0.308 e. The Bertz CT molecular complexity index is 578. The normalized spacial score (nSPS) is 14.4. The number of fused-ring (bicyclic) bond motifs is 1. The highest BCUT2D eigenvalue weighted by Gasteiger charge is 2.20. The Balaban J connectivity index is 2.29. The largest absolute Gasteiger partial charge is 0.481 e. The van der Waals surface area contributed by atoms with E-state index in [-0.39, 0.29) is 6.04 Å². The van der Waals surface area contributed by atoms with Crippen LogP contribution in [0.25, 0.3) is 5.52 Å². The summed E-state index contributed by atoms with van der Waals surface area (Å²) < 4.78 is 1.73. The monoisotopic (exact) mass is 248 g/mol. The molecule has 2 unspecified atom stereocenters. The average Bonchev–Trinajstić information content (AvgIpc) is 2.69. The van der Waals surface area contributed by atoms with Crippen LogP contribution < -0.4 is 5.32 Å². The van der Waals surface area contributed by atoms with Crippen molar-refractivity contribution in [3.05, 3.63) is 24.2 Å². The van der Waals surface area contributed by atoms with Gasteiger partial charge in [-0.1, -0.05) is 0 Å². The first-order valence-corrected chi connectivity index (χ1v) is 5.79. The Labute approximate surface area is 105 Å². The predicted molar refractivity (Wildman–Crippen MR) is 67.6 cm³/mol. The van der Waals surface area contributed by atoms with Crippen molar-refractivity contribution in [2.75, 3.05) is 5.32 Å². The Morgan fingerprint density at radius 1 is 1.50 bits per heavy atom. The van der Waals surface area contributed by atoms with Gasteiger partial charge in [0.1, 0.15) is 5.52 Å². The number of aryl methyl sites for hydroxylation is 1. The molecule has 2 rings (SSSR count). The number of hydrogen-bond donors (Lipinski definition) is 2. The second-order valence-electron chi connectivity index (χ2n) is 4.45. The molecule has 0 bridgehead atoms. The lowest BCUT2D eigenvalue weighted by Gasteiger charge is -2.18. The summed E-state index contributed by atoms with van der Waals surface area (Å²) >= 11 is 0. The molecule has 0 spiro atoms. The van der Waals surface area contributed by atoms with Crippen LogP contribution in [0.1, 0.15) is 19.5 Å². The van der Waals surface area contributed by atoms with Crippen molar-refractivity contribution < 1.29 is 9.90 Å². The van der Waals surface area contributed by atoms with E-state index in [0.29, 0.717) is 5.82 Å². The summed E-state index contributed by atoms with van der Waals surface area (Å²) in [6, 6.07) is 1.70. The number of rotatable bonds is 4. The molecule has 0 aromatic carbocycles. The van der Waals surface area contributed by atoms with Crippen LogP contribution in [0.5, 0.6) is 0 Å². The second-order valence-corrected chi connectivity index (χ2v) is 4.45. The zero-order valence-corrected chi connectivity index (χ0v) is 10.6. The van der Waals surface area contributed by atoms with Crippen molar-refractivity contribution >= 4 is 17.3 Å². The first kappa shape index (κ1) is 12.3. The molecule has 0 aliphatic carbocycles. The van der Waals surface area contributed by atoms with E-state index in [1.807, 2.05) is 19.9 Å². The highest BCUT2D eigenvalue weighted by Crippen LogP contribution is 2.17. The van der Waals surface area contributed by atoms with Gasteiger partial charge in [-0.15, -0.1) is 0 Å². The Kier molecular flexibility index (Phi) is 3.18. The van der Waals surface area contributed by atoms with Gasteiger partial charge in [0.15, 0.2) is 5.82 Å². The number of hydrogen-bond acceptors (Lipinski definition) is 4. The van der Waals surface area contributed by atoms with Gasteiger partial charge in [0.05, 0.1) is 11.6 Å². The minimum absolute atomic E-state index is 0.212. The SMILES string of the molecule is Cc1cc2c(NC(C)C(C)C(=O)O)nccn2n1. The lowest BCUT2D eigenvalue weighted by Crippen LogP contribution is -2.30. The van der Waals surface area contributed by atoms with Gasteiger partial charge in [-0.05, 0) is 26.8 Å². The Morgan fingerprint density at radius 2 is 2.22 bits per heavy atom. The second kappa shape index (κ2) is 4.64. The zero-order valence-electron chi connectivity index (χ0n) is 10.6. The van der Waals surface area contributed by atoms with Gasteiger partial charge in [0, 0.05) is 18.4 Å². The van der Waals surface area contributed by atoms with Crippen LogP contribution in [0.2, 0.25) is 0 Å². The number of carboxylic acids is 1. The molecule has 2 heterocycles. The van der Waals surface area contributed by atoms with Crippen molar-refractivity contribution in [3.8, 4) is 0 Å². The van der Waals surface area contributed by atoms with E-state index >= 15 is 0 Å². The number of anilines is 1. The molecular formula is C12H16N4O2. The van der Waals surface area contributed by atoms with Crippen LogP contribution in [0, 0.1) is 12.8 Å². The van der Waals surface area contributed by atoms with Crippen LogP contribution in [0.15, 0.2) is 18.5 Å². The topological polar surface area (TPSA) is 79.5 Å². The number of aliphatic carboxylic acids is 1. The number of carboxylic acid groups (broad SMARTS) is 1. The van der Waals surface area contributed by atoms with Crippen LogP contribution >= 0.6 is 0 Å². The number of nitrogens with zero attached hydrogens (tertiary/aromatic N) is 3. The fraction of sp³-hybridized carbons (Fsp3) is 0.417. The highest BCUT2D eigenvalue weighted by molar-refractivity contribution is 5.73. The molecule has 2 atom stereocenters. The van der Waals surface area contributed by atoms with E-state index in [2.05, 4.69) is 15.4 Å². The third-order valence-corrected chi connectivity index (χ3v) is 3.02. The number of nitrogens with one attached hydrogen (secondary N) is 1. The molecule has 0 saturated heterocycles. The van der Waals surface area contributed by atoms with Crippen LogP contribution in [-0.2, 0) is 4.79 Å². The highest BCUT2D eigenvalue weighted by atomic mass is 16.4. The smallest absolute Gasteiger partial charge is 0.308 e. The van der Waals surface area contributed by atoms with Crippen LogP contribution in [0.3, 0.4) is 0 Å². The molecule has 0 radical (unpaired) electrons. The molecule has 96 valence electrons. The third-order valence-electron chi connectivity index (χ3n) is 3.02. The first-order valence-electron chi connectivity index (χ1n) is 5.79. The van der Waals surface area contributed by atoms with E-state index in [0.717, 1.165) is 11.2 Å². The van der Waals surface area contributed by atoms with Gasteiger partial charge in [-0.25, -0.2) is 9.50 Å². The Hall–Kier alpha value is -2.11. The summed E-state index contributed by atoms with van der Waals surface area (Å²) in [6.45, 7) is 5.40. The van der Waals surface area contributed by atoms with Gasteiger partial charge in [0.2, 0.25) is 0 Å². The zero-order chi connectivity index (χ0) is 13.3. The summed E-state index contributed by atoms with van der Waals surface area (Å²) in [5.41, 5.74) is 1.74. The van der Waals surface area contributed by atoms with Crippen molar-refractivity contribution in [2.45, 2.75) is 26.8 Å². The van der Waals surface area contributed by atoms with Crippen LogP contribution in [0.4, 0.5) is 5.82 Å². The quantitative estimate of drug-likeness (QED) is 0.858. The van der Waals surface area contributed by atoms with Crippen molar-refractivity contribution in [2.24, 2.45) is 5.92 Å². The molecule has 18 heavy (non-hydrogen) atoms. The van der Waals surface area contributed by atoms with E-state index in [1.54, 1.807) is 23.8 Å². The predicted octanol–water partition coefficient (Wildman–Crippen LogP) is 1.56. The van der Waals surface area contributed by atoms with E-state index in [9.17, 15) is 4.79 Å². The summed E-state index contributed by atoms with van der Waals surface area (Å²) in [5.74, 6) is -0.665. The molecule has 2 N–H and O–H groups in total. The number of carbonyl (C=O) groups is 1. The molecule has 6 nitrogen and oxygen atoms in total. The van der Waals surface area contributed by atoms with Gasteiger partial charge in [0.25, 0.3) is 0 Å². The summed E-state index contributed by atoms with van der Waals surface area (Å²) in [7, 11) is 0. The molecule has 0 aliphatic heterocycles. The fourth-order valence-corrected chi connectivity index (χ4v) is 1.71. The minimum Gasteiger partial charge on any atom is -0.481 e. The fourth-order valence-electron chi connectivity index (χ4n) is 1.71. The summed E-state index contributed by atoms with van der Waals surface area (Å²) in [4.78, 5) is 15.2. The standard InChI is InChI=1S/C12H16N4O2/c1-7-6-10-11(13-4-5-16(10)15-7)14-9(3)8(2)12(17)18/h4-6,8-9H,1-3H3,(H,13,14)(H,17,18). The van der Waals surface area contributed by atoms with Crippen molar-refractivity contribution in [3.63, 3.8) is 0 Å². The van der Waals surface area contributed by atoms with Crippen molar-refractivity contribution in [1.82, 2.24) is 14.6 Å². The molecule has 0 fully saturated rings. The van der Waals surface area contributed by atoms with Crippen LogP contribution in [-0.4, -0.2) is 31.7 Å². The first-order chi connectivity index (χ1) is 8.49. The molecular weight excluding hydrogens is 232 g/mol. The van der Waals surface area contributed by atoms with Gasteiger partial charge in [-0.2, -0.15) is 5.10 Å². The van der Waals surface area contributed by atoms with E-state index in [1.165, 1.54) is 0 Å². The van der Waals surface area contributed by atoms with Gasteiger partial charge >= 0.3 is 5.97 Å². The summed E-state index contributed by atoms with van der Waals surface area (Å²) in [6.07, 6.45) is 3.40. The molecule has 2 aromatic heterocycles. The lowest BCUT2D eigenvalue weighted by molar-refractivity contribution is -0.141. The molecule has 2 aromatic rings. The average molecular weight is 248 g/mol. The maximum absolute atomic E-state index is 10.9. The molecule has 0 amide bonds. The van der Waals surface area contributed by atoms with E-state index in [4.69, 9.17) is 5.11 Å². The van der Waals surface area contributed by atoms with Crippen molar-refractivity contribution in [1.29, 1.82) is 0 Å². The molecule has 0 saturated carbocycles. The van der Waals surface area contributed by atoms with Gasteiger partial charge in [-0.3, -0.25) is 4.79 Å². The third kappa shape index (κ3) is 2.27. The minimum atomic E-state index is -0.827. The maximum atomic E-state index is 10.9.